The maximum atomic E-state index is 12.3. The number of rotatable bonds is 5. The summed E-state index contributed by atoms with van der Waals surface area (Å²) in [6.45, 7) is 5.93. The summed E-state index contributed by atoms with van der Waals surface area (Å²) in [5.41, 5.74) is 5.63. The van der Waals surface area contributed by atoms with Crippen molar-refractivity contribution in [1.29, 1.82) is 0 Å². The second-order valence-corrected chi connectivity index (χ2v) is 7.51. The van der Waals surface area contributed by atoms with Crippen LogP contribution >= 0.6 is 0 Å². The number of methoxy groups -OCH3 is 1. The van der Waals surface area contributed by atoms with Crippen molar-refractivity contribution >= 4 is 16.0 Å². The van der Waals surface area contributed by atoms with Crippen LogP contribution in [0, 0.1) is 5.41 Å². The summed E-state index contributed by atoms with van der Waals surface area (Å²) >= 11 is 0. The van der Waals surface area contributed by atoms with E-state index >= 15 is 0 Å². The monoisotopic (exact) mass is 314 g/mol. The maximum Gasteiger partial charge on any atom is 0.337 e. The van der Waals surface area contributed by atoms with Crippen molar-refractivity contribution in [2.75, 3.05) is 13.7 Å². The molecule has 1 unspecified atom stereocenters. The van der Waals surface area contributed by atoms with E-state index in [1.807, 2.05) is 20.8 Å². The third-order valence-electron chi connectivity index (χ3n) is 3.16. The van der Waals surface area contributed by atoms with Gasteiger partial charge >= 0.3 is 5.97 Å². The van der Waals surface area contributed by atoms with E-state index in [0.29, 0.717) is 5.56 Å². The van der Waals surface area contributed by atoms with Crippen LogP contribution < -0.4 is 10.5 Å². The minimum atomic E-state index is -3.69. The zero-order valence-corrected chi connectivity index (χ0v) is 13.5. The molecule has 1 aromatic rings. The number of benzene rings is 1. The van der Waals surface area contributed by atoms with Gasteiger partial charge in [0.2, 0.25) is 10.0 Å². The van der Waals surface area contributed by atoms with E-state index in [4.69, 9.17) is 5.73 Å². The second-order valence-electron chi connectivity index (χ2n) is 5.79. The molecule has 0 aliphatic heterocycles. The van der Waals surface area contributed by atoms with E-state index in [0.717, 1.165) is 0 Å². The molecule has 6 nitrogen and oxygen atoms in total. The topological polar surface area (TPSA) is 98.5 Å². The van der Waals surface area contributed by atoms with Crippen LogP contribution in [0.1, 0.15) is 31.1 Å². The first-order chi connectivity index (χ1) is 9.61. The molecule has 0 radical (unpaired) electrons. The molecule has 0 aromatic heterocycles. The largest absolute Gasteiger partial charge is 0.465 e. The van der Waals surface area contributed by atoms with Crippen molar-refractivity contribution in [3.8, 4) is 0 Å². The molecule has 0 aliphatic carbocycles. The van der Waals surface area contributed by atoms with Crippen molar-refractivity contribution in [1.82, 2.24) is 4.72 Å². The number of hydrogen-bond donors (Lipinski definition) is 2. The van der Waals surface area contributed by atoms with Gasteiger partial charge in [-0.2, -0.15) is 0 Å². The molecule has 3 N–H and O–H groups in total. The molecule has 0 bridgehead atoms. The Hall–Kier alpha value is -1.44. The summed E-state index contributed by atoms with van der Waals surface area (Å²) in [5.74, 6) is -0.513. The molecule has 118 valence electrons. The quantitative estimate of drug-likeness (QED) is 0.794. The lowest BCUT2D eigenvalue weighted by Gasteiger charge is -2.30. The summed E-state index contributed by atoms with van der Waals surface area (Å²) in [6.07, 6.45) is 0. The summed E-state index contributed by atoms with van der Waals surface area (Å²) in [5, 5.41) is 0. The van der Waals surface area contributed by atoms with E-state index in [1.54, 1.807) is 0 Å². The summed E-state index contributed by atoms with van der Waals surface area (Å²) in [7, 11) is -2.42. The standard InChI is InChI=1S/C14H22N2O4S/c1-14(2,3)12(9-15)16-21(18,19)11-7-5-10(6-8-11)13(17)20-4/h5-8,12,16H,9,15H2,1-4H3. The van der Waals surface area contributed by atoms with Crippen molar-refractivity contribution in [3.05, 3.63) is 29.8 Å². The molecule has 1 aromatic carbocycles. The summed E-state index contributed by atoms with van der Waals surface area (Å²) < 4.78 is 31.8. The fourth-order valence-corrected chi connectivity index (χ4v) is 3.18. The van der Waals surface area contributed by atoms with Crippen LogP contribution in [0.2, 0.25) is 0 Å². The number of nitrogens with one attached hydrogen (secondary N) is 1. The molecule has 7 heteroatoms. The molecule has 0 amide bonds. The third-order valence-corrected chi connectivity index (χ3v) is 4.65. The van der Waals surface area contributed by atoms with Crippen LogP contribution in [0.25, 0.3) is 0 Å². The Balaban J connectivity index is 3.00. The van der Waals surface area contributed by atoms with Gasteiger partial charge < -0.3 is 10.5 Å². The van der Waals surface area contributed by atoms with Crippen LogP contribution in [0.4, 0.5) is 0 Å². The number of hydrogen-bond acceptors (Lipinski definition) is 5. The van der Waals surface area contributed by atoms with Crippen molar-refractivity contribution < 1.29 is 17.9 Å². The third kappa shape index (κ3) is 4.52. The molecule has 0 saturated carbocycles. The minimum Gasteiger partial charge on any atom is -0.465 e. The van der Waals surface area contributed by atoms with Crippen molar-refractivity contribution in [2.24, 2.45) is 11.1 Å². The van der Waals surface area contributed by atoms with Crippen molar-refractivity contribution in [2.45, 2.75) is 31.7 Å². The molecule has 0 heterocycles. The van der Waals surface area contributed by atoms with Gasteiger partial charge in [0.25, 0.3) is 0 Å². The number of nitrogens with two attached hydrogens (primary N) is 1. The first kappa shape index (κ1) is 17.6. The Morgan fingerprint density at radius 3 is 2.19 bits per heavy atom. The van der Waals surface area contributed by atoms with Gasteiger partial charge in [-0.15, -0.1) is 0 Å². The summed E-state index contributed by atoms with van der Waals surface area (Å²) in [6, 6.07) is 5.17. The van der Waals surface area contributed by atoms with Crippen LogP contribution in [0.5, 0.6) is 0 Å². The van der Waals surface area contributed by atoms with Gasteiger partial charge in [-0.25, -0.2) is 17.9 Å². The Labute approximate surface area is 125 Å². The minimum absolute atomic E-state index is 0.0813. The highest BCUT2D eigenvalue weighted by atomic mass is 32.2. The zero-order chi connectivity index (χ0) is 16.3. The number of carbonyl (C=O) groups excluding carboxylic acids is 1. The van der Waals surface area contributed by atoms with Crippen LogP contribution in [0.3, 0.4) is 0 Å². The van der Waals surface area contributed by atoms with E-state index in [2.05, 4.69) is 9.46 Å². The normalized spacial score (nSPS) is 13.8. The van der Waals surface area contributed by atoms with Crippen LogP contribution in [-0.4, -0.2) is 34.1 Å². The van der Waals surface area contributed by atoms with E-state index in [-0.39, 0.29) is 22.9 Å². The predicted molar refractivity (Wildman–Crippen MR) is 80.4 cm³/mol. The first-order valence-electron chi connectivity index (χ1n) is 6.52. The fourth-order valence-electron chi connectivity index (χ4n) is 1.72. The highest BCUT2D eigenvalue weighted by molar-refractivity contribution is 7.89. The number of esters is 1. The van der Waals surface area contributed by atoms with Gasteiger partial charge in [0.1, 0.15) is 0 Å². The number of ether oxygens (including phenoxy) is 1. The zero-order valence-electron chi connectivity index (χ0n) is 12.7. The molecule has 0 spiro atoms. The van der Waals surface area contributed by atoms with E-state index in [9.17, 15) is 13.2 Å². The van der Waals surface area contributed by atoms with E-state index < -0.39 is 16.0 Å². The van der Waals surface area contributed by atoms with Gasteiger partial charge in [0.05, 0.1) is 17.6 Å². The van der Waals surface area contributed by atoms with E-state index in [1.165, 1.54) is 31.4 Å². The Bertz CT molecular complexity index is 588. The molecular formula is C14H22N2O4S. The SMILES string of the molecule is COC(=O)c1ccc(S(=O)(=O)NC(CN)C(C)(C)C)cc1. The first-order valence-corrected chi connectivity index (χ1v) is 8.01. The van der Waals surface area contributed by atoms with Gasteiger partial charge in [-0.05, 0) is 29.7 Å². The predicted octanol–water partition coefficient (Wildman–Crippen LogP) is 1.12. The molecule has 0 fully saturated rings. The Morgan fingerprint density at radius 1 is 1.29 bits per heavy atom. The smallest absolute Gasteiger partial charge is 0.337 e. The lowest BCUT2D eigenvalue weighted by atomic mass is 9.88. The molecule has 1 rings (SSSR count). The highest BCUT2D eigenvalue weighted by Gasteiger charge is 2.28. The van der Waals surface area contributed by atoms with Gasteiger partial charge in [0, 0.05) is 12.6 Å². The Morgan fingerprint density at radius 2 is 1.81 bits per heavy atom. The second kappa shape index (κ2) is 6.55. The van der Waals surface area contributed by atoms with Crippen LogP contribution in [0.15, 0.2) is 29.2 Å². The van der Waals surface area contributed by atoms with Gasteiger partial charge in [-0.1, -0.05) is 20.8 Å². The fraction of sp³-hybridized carbons (Fsp3) is 0.500. The Kier molecular flexibility index (Phi) is 5.49. The van der Waals surface area contributed by atoms with Gasteiger partial charge in [0.15, 0.2) is 0 Å². The number of sulfonamides is 1. The summed E-state index contributed by atoms with van der Waals surface area (Å²) in [4.78, 5) is 11.4. The molecule has 1 atom stereocenters. The number of carbonyl (C=O) groups is 1. The molecule has 0 saturated heterocycles. The van der Waals surface area contributed by atoms with Crippen molar-refractivity contribution in [3.63, 3.8) is 0 Å². The maximum absolute atomic E-state index is 12.3. The lowest BCUT2D eigenvalue weighted by Crippen LogP contribution is -2.48. The highest BCUT2D eigenvalue weighted by Crippen LogP contribution is 2.21. The molecule has 21 heavy (non-hydrogen) atoms. The van der Waals surface area contributed by atoms with Crippen LogP contribution in [-0.2, 0) is 14.8 Å². The average molecular weight is 314 g/mol. The average Bonchev–Trinajstić information content (AvgIpc) is 2.42. The molecular weight excluding hydrogens is 292 g/mol. The lowest BCUT2D eigenvalue weighted by molar-refractivity contribution is 0.0600. The molecule has 0 aliphatic rings. The van der Waals surface area contributed by atoms with Gasteiger partial charge in [-0.3, -0.25) is 0 Å².